The largest absolute Gasteiger partial charge is 0.425 e. The molecule has 0 N–H and O–H groups in total. The minimum absolute atomic E-state index is 0.0638. The standard InChI is InChI=1S/C22H23N3O3/c1-16-23-24-22(28-16)19(17-8-4-2-5-9-17)14-21(26)25-12-13-27-20(15-25)18-10-6-3-7-11-18/h2-11,19-20H,12-15H2,1H3. The zero-order valence-corrected chi connectivity index (χ0v) is 15.8. The molecule has 1 amide bonds. The Morgan fingerprint density at radius 1 is 1.11 bits per heavy atom. The Morgan fingerprint density at radius 2 is 1.82 bits per heavy atom. The molecule has 2 heterocycles. The first-order valence-corrected chi connectivity index (χ1v) is 9.50. The predicted octanol–water partition coefficient (Wildman–Crippen LogP) is 3.50. The molecule has 6 nitrogen and oxygen atoms in total. The van der Waals surface area contributed by atoms with E-state index < -0.39 is 0 Å². The van der Waals surface area contributed by atoms with Crippen LogP contribution in [-0.4, -0.2) is 40.7 Å². The molecule has 1 fully saturated rings. The number of carbonyl (C=O) groups excluding carboxylic acids is 1. The average molecular weight is 377 g/mol. The Bertz CT molecular complexity index is 911. The molecule has 1 aromatic heterocycles. The van der Waals surface area contributed by atoms with E-state index >= 15 is 0 Å². The lowest BCUT2D eigenvalue weighted by atomic mass is 9.94. The van der Waals surface area contributed by atoms with E-state index in [1.54, 1.807) is 6.92 Å². The third-order valence-corrected chi connectivity index (χ3v) is 5.01. The summed E-state index contributed by atoms with van der Waals surface area (Å²) < 4.78 is 11.5. The Balaban J connectivity index is 1.51. The van der Waals surface area contributed by atoms with Crippen molar-refractivity contribution in [3.8, 4) is 0 Å². The third kappa shape index (κ3) is 4.12. The number of benzene rings is 2. The Kier molecular flexibility index (Phi) is 5.48. The predicted molar refractivity (Wildman–Crippen MR) is 104 cm³/mol. The minimum atomic E-state index is -0.257. The second kappa shape index (κ2) is 8.35. The lowest BCUT2D eigenvalue weighted by Gasteiger charge is -2.34. The maximum atomic E-state index is 13.1. The van der Waals surface area contributed by atoms with Crippen molar-refractivity contribution >= 4 is 5.91 Å². The van der Waals surface area contributed by atoms with Gasteiger partial charge in [0.15, 0.2) is 0 Å². The summed E-state index contributed by atoms with van der Waals surface area (Å²) in [5.41, 5.74) is 2.08. The van der Waals surface area contributed by atoms with Gasteiger partial charge in [0.05, 0.1) is 19.1 Å². The molecular formula is C22H23N3O3. The van der Waals surface area contributed by atoms with Crippen molar-refractivity contribution in [1.29, 1.82) is 0 Å². The number of nitrogens with zero attached hydrogens (tertiary/aromatic N) is 3. The Morgan fingerprint density at radius 3 is 2.50 bits per heavy atom. The summed E-state index contributed by atoms with van der Waals surface area (Å²) in [6.07, 6.45) is 0.187. The van der Waals surface area contributed by atoms with E-state index in [4.69, 9.17) is 9.15 Å². The van der Waals surface area contributed by atoms with Gasteiger partial charge >= 0.3 is 0 Å². The summed E-state index contributed by atoms with van der Waals surface area (Å²) in [5.74, 6) is 0.783. The first-order valence-electron chi connectivity index (χ1n) is 9.50. The maximum absolute atomic E-state index is 13.1. The van der Waals surface area contributed by atoms with Crippen LogP contribution in [0.5, 0.6) is 0 Å². The van der Waals surface area contributed by atoms with Gasteiger partial charge in [-0.25, -0.2) is 0 Å². The van der Waals surface area contributed by atoms with E-state index in [2.05, 4.69) is 10.2 Å². The van der Waals surface area contributed by atoms with E-state index in [0.717, 1.165) is 11.1 Å². The number of hydrogen-bond acceptors (Lipinski definition) is 5. The van der Waals surface area contributed by atoms with Gasteiger partial charge in [0.1, 0.15) is 6.10 Å². The van der Waals surface area contributed by atoms with Crippen LogP contribution in [-0.2, 0) is 9.53 Å². The molecule has 0 radical (unpaired) electrons. The van der Waals surface area contributed by atoms with Crippen LogP contribution in [0.3, 0.4) is 0 Å². The number of carbonyl (C=O) groups is 1. The summed E-state index contributed by atoms with van der Waals surface area (Å²) in [6, 6.07) is 19.9. The Labute approximate surface area is 164 Å². The van der Waals surface area contributed by atoms with Crippen LogP contribution in [0, 0.1) is 6.92 Å². The lowest BCUT2D eigenvalue weighted by Crippen LogP contribution is -2.42. The van der Waals surface area contributed by atoms with E-state index in [9.17, 15) is 4.79 Å². The van der Waals surface area contributed by atoms with Crippen LogP contribution < -0.4 is 0 Å². The van der Waals surface area contributed by atoms with Crippen molar-refractivity contribution in [3.63, 3.8) is 0 Å². The van der Waals surface area contributed by atoms with E-state index in [0.29, 0.717) is 31.5 Å². The van der Waals surface area contributed by atoms with Crippen LogP contribution in [0.1, 0.15) is 41.4 Å². The molecule has 0 aliphatic carbocycles. The van der Waals surface area contributed by atoms with Crippen molar-refractivity contribution in [1.82, 2.24) is 15.1 Å². The maximum Gasteiger partial charge on any atom is 0.224 e. The zero-order valence-electron chi connectivity index (χ0n) is 15.8. The van der Waals surface area contributed by atoms with Gasteiger partial charge in [-0.3, -0.25) is 4.79 Å². The SMILES string of the molecule is Cc1nnc(C(CC(=O)N2CCOC(c3ccccc3)C2)c2ccccc2)o1. The van der Waals surface area contributed by atoms with Gasteiger partial charge < -0.3 is 14.1 Å². The van der Waals surface area contributed by atoms with Crippen LogP contribution in [0.15, 0.2) is 65.1 Å². The molecule has 0 saturated carbocycles. The molecule has 2 atom stereocenters. The molecule has 28 heavy (non-hydrogen) atoms. The number of ether oxygens (including phenoxy) is 1. The second-order valence-corrected chi connectivity index (χ2v) is 6.94. The highest BCUT2D eigenvalue weighted by molar-refractivity contribution is 5.77. The molecule has 1 saturated heterocycles. The molecular weight excluding hydrogens is 354 g/mol. The van der Waals surface area contributed by atoms with Gasteiger partial charge in [-0.2, -0.15) is 0 Å². The summed E-state index contributed by atoms with van der Waals surface area (Å²) in [4.78, 5) is 15.0. The molecule has 1 aliphatic rings. The minimum Gasteiger partial charge on any atom is -0.425 e. The van der Waals surface area contributed by atoms with Crippen molar-refractivity contribution in [2.45, 2.75) is 25.4 Å². The van der Waals surface area contributed by atoms with Crippen molar-refractivity contribution in [3.05, 3.63) is 83.6 Å². The number of morpholine rings is 1. The van der Waals surface area contributed by atoms with Gasteiger partial charge in [-0.1, -0.05) is 60.7 Å². The van der Waals surface area contributed by atoms with E-state index in [1.165, 1.54) is 0 Å². The first kappa shape index (κ1) is 18.4. The van der Waals surface area contributed by atoms with Crippen LogP contribution in [0.4, 0.5) is 0 Å². The summed E-state index contributed by atoms with van der Waals surface area (Å²) in [7, 11) is 0. The van der Waals surface area contributed by atoms with Crippen LogP contribution in [0.25, 0.3) is 0 Å². The summed E-state index contributed by atoms with van der Waals surface area (Å²) in [5, 5.41) is 8.11. The fraction of sp³-hybridized carbons (Fsp3) is 0.318. The highest BCUT2D eigenvalue weighted by Crippen LogP contribution is 2.29. The quantitative estimate of drug-likeness (QED) is 0.681. The third-order valence-electron chi connectivity index (χ3n) is 5.01. The molecule has 0 bridgehead atoms. The monoisotopic (exact) mass is 377 g/mol. The molecule has 6 heteroatoms. The number of rotatable bonds is 5. The average Bonchev–Trinajstić information content (AvgIpc) is 3.19. The van der Waals surface area contributed by atoms with Crippen LogP contribution in [0.2, 0.25) is 0 Å². The number of aromatic nitrogens is 2. The van der Waals surface area contributed by atoms with Crippen LogP contribution >= 0.6 is 0 Å². The highest BCUT2D eigenvalue weighted by Gasteiger charge is 2.29. The molecule has 0 spiro atoms. The van der Waals surface area contributed by atoms with Gasteiger partial charge in [0.25, 0.3) is 0 Å². The smallest absolute Gasteiger partial charge is 0.224 e. The topological polar surface area (TPSA) is 68.5 Å². The molecule has 4 rings (SSSR count). The summed E-state index contributed by atoms with van der Waals surface area (Å²) >= 11 is 0. The van der Waals surface area contributed by atoms with Gasteiger partial charge in [-0.05, 0) is 11.1 Å². The molecule has 144 valence electrons. The van der Waals surface area contributed by atoms with Crippen molar-refractivity contribution in [2.75, 3.05) is 19.7 Å². The first-order chi connectivity index (χ1) is 13.7. The number of aryl methyl sites for hydroxylation is 1. The lowest BCUT2D eigenvalue weighted by molar-refractivity contribution is -0.139. The van der Waals surface area contributed by atoms with Gasteiger partial charge in [0.2, 0.25) is 17.7 Å². The normalized spacial score (nSPS) is 18.0. The number of amides is 1. The Hall–Kier alpha value is -2.99. The molecule has 3 aromatic rings. The fourth-order valence-electron chi connectivity index (χ4n) is 3.53. The molecule has 2 aromatic carbocycles. The molecule has 2 unspecified atom stereocenters. The van der Waals surface area contributed by atoms with Gasteiger partial charge in [0, 0.05) is 19.9 Å². The van der Waals surface area contributed by atoms with E-state index in [-0.39, 0.29) is 24.3 Å². The van der Waals surface area contributed by atoms with E-state index in [1.807, 2.05) is 65.6 Å². The zero-order chi connectivity index (χ0) is 19.3. The summed E-state index contributed by atoms with van der Waals surface area (Å²) in [6.45, 7) is 3.42. The van der Waals surface area contributed by atoms with Gasteiger partial charge in [-0.15, -0.1) is 10.2 Å². The highest BCUT2D eigenvalue weighted by atomic mass is 16.5. The number of hydrogen-bond donors (Lipinski definition) is 0. The van der Waals surface area contributed by atoms with Crippen molar-refractivity contribution in [2.24, 2.45) is 0 Å². The fourth-order valence-corrected chi connectivity index (χ4v) is 3.53. The van der Waals surface area contributed by atoms with Crippen molar-refractivity contribution < 1.29 is 13.9 Å². The second-order valence-electron chi connectivity index (χ2n) is 6.94. The molecule has 1 aliphatic heterocycles.